The van der Waals surface area contributed by atoms with Crippen molar-refractivity contribution in [1.29, 1.82) is 0 Å². The minimum atomic E-state index is -1.91. The number of carbonyl (C=O) groups excluding carboxylic acids is 9. The number of aromatic amines is 1. The minimum Gasteiger partial charge on any atom is -0.391 e. The molecule has 0 radical (unpaired) electrons. The predicted octanol–water partition coefficient (Wildman–Crippen LogP) is 1.27. The Hall–Kier alpha value is -8.00. The van der Waals surface area contributed by atoms with E-state index in [2.05, 4.69) is 72.8 Å². The average Bonchev–Trinajstić information content (AvgIpc) is 4.11. The Balaban J connectivity index is 1.22. The molecule has 1 aromatic heterocycles. The fourth-order valence-electron chi connectivity index (χ4n) is 9.12. The van der Waals surface area contributed by atoms with Crippen molar-refractivity contribution in [2.45, 2.75) is 107 Å². The number of halogens is 1. The molecule has 0 bridgehead atoms. The monoisotopic (exact) mass is 1210 g/mol. The van der Waals surface area contributed by atoms with Crippen molar-refractivity contribution in [2.75, 3.05) is 18.1 Å². The molecule has 446 valence electrons. The number of H-pyrrole nitrogens is 1. The van der Waals surface area contributed by atoms with E-state index in [0.717, 1.165) is 10.8 Å². The summed E-state index contributed by atoms with van der Waals surface area (Å²) in [7, 11) is 0. The number of fused-ring (bicyclic) bond motifs is 2. The molecule has 0 aliphatic heterocycles. The third-order valence-electron chi connectivity index (χ3n) is 13.8. The number of nitrogens with one attached hydrogen (secondary N) is 9. The number of aliphatic hydroxyl groups is 1. The van der Waals surface area contributed by atoms with Crippen LogP contribution in [0.2, 0.25) is 5.02 Å². The van der Waals surface area contributed by atoms with Crippen LogP contribution in [0.3, 0.4) is 0 Å². The molecule has 0 aliphatic carbocycles. The number of hydrogen-bond donors (Lipinski definition) is 15. The van der Waals surface area contributed by atoms with Gasteiger partial charge in [0.1, 0.15) is 36.3 Å². The van der Waals surface area contributed by atoms with E-state index in [1.807, 2.05) is 36.4 Å². The van der Waals surface area contributed by atoms with Gasteiger partial charge in [-0.15, -0.1) is 0 Å². The van der Waals surface area contributed by atoms with Gasteiger partial charge >= 0.3 is 0 Å². The molecular formula is C59H71ClN12O10S2. The lowest BCUT2D eigenvalue weighted by Crippen LogP contribution is -2.64. The van der Waals surface area contributed by atoms with Gasteiger partial charge in [-0.3, -0.25) is 43.2 Å². The second-order valence-electron chi connectivity index (χ2n) is 20.2. The molecule has 16 N–H and O–H groups in total. The maximum Gasteiger partial charge on any atom is 0.264 e. The standard InChI is InChI=1S/C59H71ClN12O10S2/c1-32-11-3-6-14-40(32)52(75)71-51(72-57(80)48(31-84)68-53(76)42(62)26-34-19-22-39(60)23-20-34)59(82)67-46(28-38-29-64-43-16-8-7-15-41(38)43)55(78)65-44(17-9-10-24-61)54(77)70-49(33(2)73)58(81)69-47(30-83)56(79)66-45(50(63)74)27-35-18-21-36-12-4-5-13-37(36)25-35/h3-8,11-16,18-23,25,29,33,42,44-49,51,64,73,83-84H,9-10,17,24,26-28,30-31,61-62H2,1-2H3,(H2,63,74)(H,65,78)(H,66,79)(H,67,82)(H,68,76)(H,69,81)(H,70,77)(H,71,75)(H,72,80)/t33-,42+,44+,45+,46-,47+,48-,49+,51+/m1/s1. The smallest absolute Gasteiger partial charge is 0.264 e. The van der Waals surface area contributed by atoms with E-state index in [1.54, 1.807) is 85.9 Å². The third-order valence-corrected chi connectivity index (χ3v) is 14.8. The summed E-state index contributed by atoms with van der Waals surface area (Å²) in [5, 5.41) is 34.4. The summed E-state index contributed by atoms with van der Waals surface area (Å²) in [5.41, 5.74) is 21.1. The highest BCUT2D eigenvalue weighted by molar-refractivity contribution is 7.80. The number of aromatic nitrogens is 1. The van der Waals surface area contributed by atoms with Gasteiger partial charge in [0, 0.05) is 52.0 Å². The van der Waals surface area contributed by atoms with E-state index in [9.17, 15) is 48.3 Å². The SMILES string of the molecule is Cc1ccccc1C(=O)N[C@@H](NC(=O)[C@@H](CS)NC(=O)[C@@H](N)Cc1ccc(Cl)cc1)C(=O)N[C@H](Cc1c[nH]c2ccccc12)C(=O)N[C@@H](CCCCN)C(=O)N[C@H](C(=O)N[C@@H](CS)C(=O)N[C@@H](Cc1ccc2ccccc2c1)C(N)=O)[C@@H](C)O. The van der Waals surface area contributed by atoms with Crippen LogP contribution in [0.15, 0.2) is 121 Å². The van der Waals surface area contributed by atoms with Crippen LogP contribution in [-0.2, 0) is 57.6 Å². The number of para-hydroxylation sites is 1. The van der Waals surface area contributed by atoms with Gasteiger partial charge in [0.05, 0.1) is 12.1 Å². The number of aryl methyl sites for hydroxylation is 1. The van der Waals surface area contributed by atoms with Crippen LogP contribution < -0.4 is 59.7 Å². The van der Waals surface area contributed by atoms with Crippen LogP contribution in [0, 0.1) is 6.92 Å². The number of benzene rings is 5. The van der Waals surface area contributed by atoms with Crippen LogP contribution in [0.4, 0.5) is 0 Å². The Labute approximate surface area is 501 Å². The lowest BCUT2D eigenvalue weighted by atomic mass is 10.0. The average molecular weight is 1210 g/mol. The summed E-state index contributed by atoms with van der Waals surface area (Å²) in [6, 6.07) is 23.5. The Kier molecular flexibility index (Phi) is 24.5. The first-order valence-electron chi connectivity index (χ1n) is 27.1. The maximum atomic E-state index is 14.8. The molecule has 6 rings (SSSR count). The zero-order valence-electron chi connectivity index (χ0n) is 46.2. The molecule has 9 atom stereocenters. The highest BCUT2D eigenvalue weighted by Crippen LogP contribution is 2.21. The number of primary amides is 1. The lowest BCUT2D eigenvalue weighted by molar-refractivity contribution is -0.136. The Morgan fingerprint density at radius 3 is 1.82 bits per heavy atom. The molecule has 0 fully saturated rings. The van der Waals surface area contributed by atoms with E-state index in [0.29, 0.717) is 44.6 Å². The molecule has 84 heavy (non-hydrogen) atoms. The lowest BCUT2D eigenvalue weighted by Gasteiger charge is -2.28. The molecule has 0 unspecified atom stereocenters. The van der Waals surface area contributed by atoms with Gasteiger partial charge in [-0.1, -0.05) is 103 Å². The number of aliphatic hydroxyl groups excluding tert-OH is 1. The minimum absolute atomic E-state index is 0.0257. The van der Waals surface area contributed by atoms with E-state index >= 15 is 0 Å². The third kappa shape index (κ3) is 18.5. The Morgan fingerprint density at radius 2 is 1.15 bits per heavy atom. The maximum absolute atomic E-state index is 14.8. The van der Waals surface area contributed by atoms with Crippen molar-refractivity contribution in [2.24, 2.45) is 17.2 Å². The number of thiol groups is 2. The van der Waals surface area contributed by atoms with Crippen molar-refractivity contribution >= 4 is 112 Å². The van der Waals surface area contributed by atoms with Crippen LogP contribution in [0.25, 0.3) is 21.7 Å². The first-order valence-corrected chi connectivity index (χ1v) is 28.7. The molecule has 0 saturated heterocycles. The predicted molar refractivity (Wildman–Crippen MR) is 326 cm³/mol. The first-order chi connectivity index (χ1) is 40.2. The fourth-order valence-corrected chi connectivity index (χ4v) is 9.76. The van der Waals surface area contributed by atoms with Gasteiger partial charge in [-0.2, -0.15) is 25.3 Å². The largest absolute Gasteiger partial charge is 0.391 e. The number of amides is 9. The number of rotatable bonds is 30. The zero-order valence-corrected chi connectivity index (χ0v) is 48.8. The van der Waals surface area contributed by atoms with E-state index < -0.39 is 108 Å². The zero-order chi connectivity index (χ0) is 61.0. The summed E-state index contributed by atoms with van der Waals surface area (Å²) < 4.78 is 0. The molecular weight excluding hydrogens is 1140 g/mol. The normalized spacial score (nSPS) is 14.4. The molecule has 22 nitrogen and oxygen atoms in total. The van der Waals surface area contributed by atoms with Crippen LogP contribution in [-0.4, -0.2) is 136 Å². The van der Waals surface area contributed by atoms with Crippen LogP contribution >= 0.6 is 36.9 Å². The summed E-state index contributed by atoms with van der Waals surface area (Å²) in [4.78, 5) is 129. The van der Waals surface area contributed by atoms with Crippen LogP contribution in [0.1, 0.15) is 58.8 Å². The van der Waals surface area contributed by atoms with Crippen molar-refractivity contribution < 1.29 is 48.3 Å². The number of unbranched alkanes of at least 4 members (excludes halogenated alkanes) is 1. The number of hydrogen-bond acceptors (Lipinski definition) is 14. The Bertz CT molecular complexity index is 3310. The highest BCUT2D eigenvalue weighted by Gasteiger charge is 2.36. The molecule has 9 amide bonds. The van der Waals surface area contributed by atoms with Gasteiger partial charge in [0.2, 0.25) is 41.4 Å². The van der Waals surface area contributed by atoms with Crippen molar-refractivity contribution in [3.63, 3.8) is 0 Å². The molecule has 0 aliphatic rings. The summed E-state index contributed by atoms with van der Waals surface area (Å²) >= 11 is 14.6. The van der Waals surface area contributed by atoms with Gasteiger partial charge in [0.25, 0.3) is 11.8 Å². The second-order valence-corrected chi connectivity index (χ2v) is 21.4. The topological polar surface area (TPSA) is 364 Å². The summed E-state index contributed by atoms with van der Waals surface area (Å²) in [5.74, 6) is -8.69. The van der Waals surface area contributed by atoms with Gasteiger partial charge in [-0.25, -0.2) is 0 Å². The first kappa shape index (κ1) is 65.2. The second kappa shape index (κ2) is 31.6. The molecule has 6 aromatic rings. The summed E-state index contributed by atoms with van der Waals surface area (Å²) in [6.07, 6.45) is -1.37. The number of carbonyl (C=O) groups is 9. The van der Waals surface area contributed by atoms with E-state index in [-0.39, 0.29) is 55.7 Å². The molecule has 25 heteroatoms. The van der Waals surface area contributed by atoms with Crippen molar-refractivity contribution in [3.8, 4) is 0 Å². The van der Waals surface area contributed by atoms with Gasteiger partial charge in [0.15, 0.2) is 6.17 Å². The Morgan fingerprint density at radius 1 is 0.583 bits per heavy atom. The van der Waals surface area contributed by atoms with Gasteiger partial charge < -0.3 is 69.8 Å². The van der Waals surface area contributed by atoms with Gasteiger partial charge in [-0.05, 0) is 103 Å². The highest BCUT2D eigenvalue weighted by atomic mass is 35.5. The number of nitrogens with two attached hydrogens (primary N) is 3. The van der Waals surface area contributed by atoms with Crippen molar-refractivity contribution in [3.05, 3.63) is 154 Å². The van der Waals surface area contributed by atoms with Crippen LogP contribution in [0.5, 0.6) is 0 Å². The quantitative estimate of drug-likeness (QED) is 0.0172. The molecule has 0 saturated carbocycles. The van der Waals surface area contributed by atoms with E-state index in [1.165, 1.54) is 13.0 Å². The van der Waals surface area contributed by atoms with E-state index in [4.69, 9.17) is 28.8 Å². The fraction of sp³-hybridized carbons (Fsp3) is 0.339. The molecule has 5 aromatic carbocycles. The molecule has 1 heterocycles. The summed E-state index contributed by atoms with van der Waals surface area (Å²) in [6.45, 7) is 3.09. The molecule has 0 spiro atoms. The van der Waals surface area contributed by atoms with Crippen molar-refractivity contribution in [1.82, 2.24) is 47.5 Å².